The Labute approximate surface area is 119 Å². The number of anilines is 2. The normalized spacial score (nSPS) is 9.89. The number of nitriles is 1. The van der Waals surface area contributed by atoms with Crippen LogP contribution in [0.5, 0.6) is 0 Å². The van der Waals surface area contributed by atoms with E-state index < -0.39 is 0 Å². The van der Waals surface area contributed by atoms with E-state index in [0.717, 1.165) is 0 Å². The van der Waals surface area contributed by atoms with E-state index in [4.69, 9.17) is 40.1 Å². The van der Waals surface area contributed by atoms with Crippen molar-refractivity contribution in [2.24, 2.45) is 0 Å². The molecule has 0 unspecified atom stereocenters. The van der Waals surface area contributed by atoms with Gasteiger partial charge >= 0.3 is 0 Å². The molecule has 2 aromatic rings. The molecule has 0 bridgehead atoms. The van der Waals surface area contributed by atoms with E-state index in [1.807, 2.05) is 6.07 Å². The molecule has 18 heavy (non-hydrogen) atoms. The van der Waals surface area contributed by atoms with Gasteiger partial charge in [-0.3, -0.25) is 0 Å². The maximum Gasteiger partial charge on any atom is 0.130 e. The summed E-state index contributed by atoms with van der Waals surface area (Å²) in [6.07, 6.45) is 1.47. The molecule has 1 heterocycles. The second-order valence-corrected chi connectivity index (χ2v) is 4.64. The summed E-state index contributed by atoms with van der Waals surface area (Å²) < 4.78 is 0. The molecular weight excluding hydrogens is 293 g/mol. The van der Waals surface area contributed by atoms with Crippen LogP contribution in [0.4, 0.5) is 11.5 Å². The Morgan fingerprint density at radius 3 is 2.39 bits per heavy atom. The third kappa shape index (κ3) is 2.85. The van der Waals surface area contributed by atoms with Crippen LogP contribution in [0.2, 0.25) is 15.1 Å². The molecule has 6 heteroatoms. The van der Waals surface area contributed by atoms with E-state index >= 15 is 0 Å². The minimum Gasteiger partial charge on any atom is -0.339 e. The topological polar surface area (TPSA) is 48.7 Å². The molecule has 2 rings (SSSR count). The number of nitrogens with zero attached hydrogens (tertiary/aromatic N) is 2. The summed E-state index contributed by atoms with van der Waals surface area (Å²) in [4.78, 5) is 4.07. The first-order valence-corrected chi connectivity index (χ1v) is 6.01. The van der Waals surface area contributed by atoms with Crippen LogP contribution in [0.15, 0.2) is 30.5 Å². The Morgan fingerprint density at radius 1 is 1.06 bits per heavy atom. The number of benzene rings is 1. The third-order valence-electron chi connectivity index (χ3n) is 2.17. The van der Waals surface area contributed by atoms with E-state index in [2.05, 4.69) is 10.3 Å². The number of hydrogen-bond donors (Lipinski definition) is 1. The molecule has 0 fully saturated rings. The highest BCUT2D eigenvalue weighted by atomic mass is 35.5. The maximum atomic E-state index is 8.67. The van der Waals surface area contributed by atoms with Gasteiger partial charge in [0.1, 0.15) is 11.9 Å². The standard InChI is InChI=1S/C12H6Cl3N3/c13-8-3-10(15)11(4-9(8)14)18-12-2-1-7(5-16)6-17-12/h1-4,6H,(H,17,18). The number of aromatic nitrogens is 1. The molecular formula is C12H6Cl3N3. The molecule has 3 nitrogen and oxygen atoms in total. The highest BCUT2D eigenvalue weighted by Crippen LogP contribution is 2.33. The van der Waals surface area contributed by atoms with Crippen LogP contribution in [0.1, 0.15) is 5.56 Å². The average molecular weight is 299 g/mol. The van der Waals surface area contributed by atoms with Crippen LogP contribution in [-0.2, 0) is 0 Å². The van der Waals surface area contributed by atoms with E-state index in [0.29, 0.717) is 32.1 Å². The lowest BCUT2D eigenvalue weighted by Gasteiger charge is -2.08. The summed E-state index contributed by atoms with van der Waals surface area (Å²) in [7, 11) is 0. The van der Waals surface area contributed by atoms with Gasteiger partial charge in [0.15, 0.2) is 0 Å². The highest BCUT2D eigenvalue weighted by molar-refractivity contribution is 6.44. The number of nitrogens with one attached hydrogen (secondary N) is 1. The number of rotatable bonds is 2. The summed E-state index contributed by atoms with van der Waals surface area (Å²) >= 11 is 17.8. The van der Waals surface area contributed by atoms with Crippen LogP contribution in [0.3, 0.4) is 0 Å². The monoisotopic (exact) mass is 297 g/mol. The van der Waals surface area contributed by atoms with Gasteiger partial charge in [0.05, 0.1) is 26.3 Å². The first-order valence-electron chi connectivity index (χ1n) is 4.88. The maximum absolute atomic E-state index is 8.67. The van der Waals surface area contributed by atoms with Crippen molar-refractivity contribution in [3.8, 4) is 6.07 Å². The Kier molecular flexibility index (Phi) is 3.93. The minimum absolute atomic E-state index is 0.389. The minimum atomic E-state index is 0.389. The van der Waals surface area contributed by atoms with Crippen molar-refractivity contribution in [2.45, 2.75) is 0 Å². The molecule has 0 amide bonds. The van der Waals surface area contributed by atoms with Gasteiger partial charge in [-0.1, -0.05) is 34.8 Å². The molecule has 0 aliphatic heterocycles. The zero-order valence-electron chi connectivity index (χ0n) is 8.92. The zero-order valence-corrected chi connectivity index (χ0v) is 11.2. The fraction of sp³-hybridized carbons (Fsp3) is 0. The van der Waals surface area contributed by atoms with Crippen LogP contribution < -0.4 is 5.32 Å². The predicted molar refractivity (Wildman–Crippen MR) is 73.7 cm³/mol. The summed E-state index contributed by atoms with van der Waals surface area (Å²) in [5.41, 5.74) is 1.09. The Morgan fingerprint density at radius 2 is 1.78 bits per heavy atom. The van der Waals surface area contributed by atoms with E-state index in [1.165, 1.54) is 6.20 Å². The van der Waals surface area contributed by atoms with Gasteiger partial charge in [0, 0.05) is 6.20 Å². The quantitative estimate of drug-likeness (QED) is 0.820. The van der Waals surface area contributed by atoms with E-state index in [1.54, 1.807) is 24.3 Å². The van der Waals surface area contributed by atoms with Crippen molar-refractivity contribution >= 4 is 46.3 Å². The SMILES string of the molecule is N#Cc1ccc(Nc2cc(Cl)c(Cl)cc2Cl)nc1. The zero-order chi connectivity index (χ0) is 13.1. The van der Waals surface area contributed by atoms with Gasteiger partial charge in [-0.25, -0.2) is 4.98 Å². The van der Waals surface area contributed by atoms with Crippen molar-refractivity contribution < 1.29 is 0 Å². The second-order valence-electron chi connectivity index (χ2n) is 3.42. The number of halogens is 3. The molecule has 0 saturated carbocycles. The van der Waals surface area contributed by atoms with Crippen LogP contribution in [-0.4, -0.2) is 4.98 Å². The summed E-state index contributed by atoms with van der Waals surface area (Å²) in [6, 6.07) is 8.49. The van der Waals surface area contributed by atoms with Crippen molar-refractivity contribution in [1.29, 1.82) is 5.26 Å². The molecule has 0 saturated heterocycles. The summed E-state index contributed by atoms with van der Waals surface area (Å²) in [5, 5.41) is 12.9. The molecule has 1 N–H and O–H groups in total. The second kappa shape index (κ2) is 5.45. The largest absolute Gasteiger partial charge is 0.339 e. The third-order valence-corrected chi connectivity index (χ3v) is 3.20. The molecule has 0 spiro atoms. The molecule has 0 radical (unpaired) electrons. The first kappa shape index (κ1) is 13.0. The van der Waals surface area contributed by atoms with Crippen molar-refractivity contribution in [3.63, 3.8) is 0 Å². The van der Waals surface area contributed by atoms with Gasteiger partial charge in [0.25, 0.3) is 0 Å². The Hall–Kier alpha value is -1.47. The lowest BCUT2D eigenvalue weighted by atomic mass is 10.3. The number of hydrogen-bond acceptors (Lipinski definition) is 3. The Balaban J connectivity index is 2.28. The van der Waals surface area contributed by atoms with Crippen LogP contribution in [0.25, 0.3) is 0 Å². The summed E-state index contributed by atoms with van der Waals surface area (Å²) in [5.74, 6) is 0.564. The summed E-state index contributed by atoms with van der Waals surface area (Å²) in [6.45, 7) is 0. The molecule has 0 atom stereocenters. The average Bonchev–Trinajstić information content (AvgIpc) is 2.37. The van der Waals surface area contributed by atoms with Gasteiger partial charge in [0.2, 0.25) is 0 Å². The highest BCUT2D eigenvalue weighted by Gasteiger charge is 2.06. The van der Waals surface area contributed by atoms with Gasteiger partial charge in [-0.05, 0) is 24.3 Å². The van der Waals surface area contributed by atoms with E-state index in [-0.39, 0.29) is 0 Å². The van der Waals surface area contributed by atoms with Gasteiger partial charge < -0.3 is 5.32 Å². The van der Waals surface area contributed by atoms with Crippen molar-refractivity contribution in [2.75, 3.05) is 5.32 Å². The molecule has 0 aliphatic rings. The van der Waals surface area contributed by atoms with Crippen molar-refractivity contribution in [1.82, 2.24) is 4.98 Å². The smallest absolute Gasteiger partial charge is 0.130 e. The lowest BCUT2D eigenvalue weighted by Crippen LogP contribution is -1.94. The molecule has 90 valence electrons. The predicted octanol–water partition coefficient (Wildman–Crippen LogP) is 4.66. The van der Waals surface area contributed by atoms with Crippen LogP contribution >= 0.6 is 34.8 Å². The van der Waals surface area contributed by atoms with Gasteiger partial charge in [-0.2, -0.15) is 5.26 Å². The molecule has 1 aromatic carbocycles. The molecule has 1 aromatic heterocycles. The number of pyridine rings is 1. The lowest BCUT2D eigenvalue weighted by molar-refractivity contribution is 1.29. The van der Waals surface area contributed by atoms with Gasteiger partial charge in [-0.15, -0.1) is 0 Å². The first-order chi connectivity index (χ1) is 8.60. The fourth-order valence-corrected chi connectivity index (χ4v) is 1.88. The van der Waals surface area contributed by atoms with E-state index in [9.17, 15) is 0 Å². The van der Waals surface area contributed by atoms with Crippen molar-refractivity contribution in [3.05, 3.63) is 51.1 Å². The fourth-order valence-electron chi connectivity index (χ4n) is 1.29. The van der Waals surface area contributed by atoms with Crippen LogP contribution in [0, 0.1) is 11.3 Å². The molecule has 0 aliphatic carbocycles. The Bertz CT molecular complexity index is 618.